The van der Waals surface area contributed by atoms with Gasteiger partial charge in [-0.2, -0.15) is 0 Å². The van der Waals surface area contributed by atoms with Crippen molar-refractivity contribution in [2.75, 3.05) is 19.0 Å². The van der Waals surface area contributed by atoms with Gasteiger partial charge in [-0.05, 0) is 73.2 Å². The minimum atomic E-state index is -0.675. The standard InChI is InChI=1S/C35H35Cl2FN4O3/c1-45-35(44)21-13-14-27-26(17-21)40-33-30-28(15-16-41(27)33)42(19-20-7-3-2-4-8-20)32(29(30)24-11-6-12-25(37)31(24)38)34(43)39-23-10-5-9-22(36)18-23/h5-6,9-14,17-18,20,28-30,32H,2-4,7-8,15-16,19H2,1H3,(H,39,43)/t28-,29-,30+,32+/m0/s1. The maximum Gasteiger partial charge on any atom is 0.337 e. The van der Waals surface area contributed by atoms with E-state index in [0.717, 1.165) is 37.1 Å². The van der Waals surface area contributed by atoms with Gasteiger partial charge in [0.25, 0.3) is 0 Å². The minimum absolute atomic E-state index is 0.0239. The quantitative estimate of drug-likeness (QED) is 0.216. The number of nitrogens with zero attached hydrogens (tertiary/aromatic N) is 3. The van der Waals surface area contributed by atoms with Crippen LogP contribution in [0, 0.1) is 11.7 Å². The number of benzene rings is 3. The average molecular weight is 650 g/mol. The van der Waals surface area contributed by atoms with Crippen LogP contribution in [0.1, 0.15) is 72.1 Å². The molecule has 3 aromatic carbocycles. The van der Waals surface area contributed by atoms with E-state index in [9.17, 15) is 9.59 Å². The zero-order chi connectivity index (χ0) is 31.2. The van der Waals surface area contributed by atoms with Gasteiger partial charge in [-0.3, -0.25) is 9.69 Å². The Balaban J connectivity index is 1.39. The molecule has 3 aliphatic rings. The predicted molar refractivity (Wildman–Crippen MR) is 174 cm³/mol. The SMILES string of the molecule is COC(=O)c1ccc2c(c1)nc1n2CC[C@H]2[C@@H]1[C@H](c1cccc(Cl)c1F)[C@H](C(=O)Nc1cccc(Cl)c1)N2CC1CCCCC1. The van der Waals surface area contributed by atoms with Crippen LogP contribution in [-0.2, 0) is 16.1 Å². The Kier molecular flexibility index (Phi) is 8.31. The first-order chi connectivity index (χ1) is 21.8. The molecule has 0 radical (unpaired) electrons. The normalized spacial score (nSPS) is 23.5. The molecule has 10 heteroatoms. The van der Waals surface area contributed by atoms with Gasteiger partial charge in [0, 0.05) is 41.7 Å². The molecule has 2 aliphatic heterocycles. The number of amides is 1. The molecule has 0 bridgehead atoms. The molecule has 7 nitrogen and oxygen atoms in total. The first-order valence-electron chi connectivity index (χ1n) is 15.7. The third-order valence-electron chi connectivity index (χ3n) is 9.97. The molecule has 0 spiro atoms. The maximum atomic E-state index is 16.1. The van der Waals surface area contributed by atoms with Gasteiger partial charge in [-0.1, -0.05) is 60.7 Å². The second-order valence-electron chi connectivity index (χ2n) is 12.5. The smallest absolute Gasteiger partial charge is 0.337 e. The summed E-state index contributed by atoms with van der Waals surface area (Å²) < 4.78 is 23.2. The molecule has 7 rings (SSSR count). The number of likely N-dealkylation sites (tertiary alicyclic amines) is 1. The summed E-state index contributed by atoms with van der Waals surface area (Å²) in [5.74, 6) is -0.762. The highest BCUT2D eigenvalue weighted by Gasteiger charge is 2.56. The fourth-order valence-corrected chi connectivity index (χ4v) is 8.40. The zero-order valence-corrected chi connectivity index (χ0v) is 26.5. The molecular formula is C35H35Cl2FN4O3. The Morgan fingerprint density at radius 2 is 1.80 bits per heavy atom. The fraction of sp³-hybridized carbons (Fsp3) is 0.400. The number of esters is 1. The summed E-state index contributed by atoms with van der Waals surface area (Å²) >= 11 is 12.7. The Labute approximate surface area is 271 Å². The lowest BCUT2D eigenvalue weighted by Gasteiger charge is -2.37. The van der Waals surface area contributed by atoms with Crippen LogP contribution < -0.4 is 5.32 Å². The number of ether oxygens (including phenoxy) is 1. The van der Waals surface area contributed by atoms with Crippen molar-refractivity contribution >= 4 is 51.8 Å². The molecule has 1 N–H and O–H groups in total. The summed E-state index contributed by atoms with van der Waals surface area (Å²) in [5.41, 5.74) is 2.98. The molecule has 0 unspecified atom stereocenters. The van der Waals surface area contributed by atoms with E-state index >= 15 is 4.39 Å². The van der Waals surface area contributed by atoms with Crippen LogP contribution >= 0.6 is 23.2 Å². The van der Waals surface area contributed by atoms with E-state index in [1.165, 1.54) is 32.4 Å². The summed E-state index contributed by atoms with van der Waals surface area (Å²) in [6, 6.07) is 16.8. The van der Waals surface area contributed by atoms with Crippen LogP contribution in [0.5, 0.6) is 0 Å². The number of carbonyl (C=O) groups excluding carboxylic acids is 2. The molecule has 2 fully saturated rings. The molecule has 234 valence electrons. The van der Waals surface area contributed by atoms with Crippen molar-refractivity contribution in [3.8, 4) is 0 Å². The number of aryl methyl sites for hydroxylation is 1. The average Bonchev–Trinajstić information content (AvgIpc) is 3.58. The van der Waals surface area contributed by atoms with Crippen LogP contribution in [0.25, 0.3) is 11.0 Å². The number of aromatic nitrogens is 2. The van der Waals surface area contributed by atoms with Crippen LogP contribution in [0.4, 0.5) is 10.1 Å². The number of nitrogens with one attached hydrogen (secondary N) is 1. The van der Waals surface area contributed by atoms with Gasteiger partial charge >= 0.3 is 5.97 Å². The number of methoxy groups -OCH3 is 1. The summed E-state index contributed by atoms with van der Waals surface area (Å²) in [5, 5.41) is 3.66. The Bertz CT molecular complexity index is 1770. The van der Waals surface area contributed by atoms with Crippen molar-refractivity contribution < 1.29 is 18.7 Å². The zero-order valence-electron chi connectivity index (χ0n) is 25.0. The highest BCUT2D eigenvalue weighted by molar-refractivity contribution is 6.31. The first kappa shape index (κ1) is 30.2. The molecule has 1 saturated heterocycles. The van der Waals surface area contributed by atoms with E-state index < -0.39 is 23.7 Å². The second kappa shape index (κ2) is 12.4. The van der Waals surface area contributed by atoms with Crippen LogP contribution in [0.3, 0.4) is 0 Å². The van der Waals surface area contributed by atoms with E-state index in [0.29, 0.717) is 39.8 Å². The topological polar surface area (TPSA) is 76.5 Å². The first-order valence-corrected chi connectivity index (χ1v) is 16.4. The van der Waals surface area contributed by atoms with Gasteiger partial charge in [-0.15, -0.1) is 0 Å². The largest absolute Gasteiger partial charge is 0.465 e. The lowest BCUT2D eigenvalue weighted by Crippen LogP contribution is -2.48. The van der Waals surface area contributed by atoms with Crippen molar-refractivity contribution in [3.05, 3.63) is 93.5 Å². The highest BCUT2D eigenvalue weighted by Crippen LogP contribution is 2.53. The van der Waals surface area contributed by atoms with Gasteiger partial charge < -0.3 is 14.6 Å². The molecule has 3 heterocycles. The summed E-state index contributed by atoms with van der Waals surface area (Å²) in [4.78, 5) is 34.3. The third-order valence-corrected chi connectivity index (χ3v) is 10.5. The van der Waals surface area contributed by atoms with Gasteiger partial charge in [0.05, 0.1) is 34.8 Å². The van der Waals surface area contributed by atoms with Gasteiger partial charge in [0.1, 0.15) is 11.6 Å². The van der Waals surface area contributed by atoms with Gasteiger partial charge in [-0.25, -0.2) is 14.2 Å². The van der Waals surface area contributed by atoms with Crippen molar-refractivity contribution in [3.63, 3.8) is 0 Å². The lowest BCUT2D eigenvalue weighted by atomic mass is 9.78. The van der Waals surface area contributed by atoms with E-state index in [-0.39, 0.29) is 22.9 Å². The number of anilines is 1. The summed E-state index contributed by atoms with van der Waals surface area (Å²) in [6.07, 6.45) is 6.58. The Morgan fingerprint density at radius 1 is 1.00 bits per heavy atom. The van der Waals surface area contributed by atoms with Crippen molar-refractivity contribution in [1.29, 1.82) is 0 Å². The second-order valence-corrected chi connectivity index (χ2v) is 13.4. The third kappa shape index (κ3) is 5.51. The van der Waals surface area contributed by atoms with Gasteiger partial charge in [0.2, 0.25) is 5.91 Å². The lowest BCUT2D eigenvalue weighted by molar-refractivity contribution is -0.121. The maximum absolute atomic E-state index is 16.1. The molecule has 4 atom stereocenters. The number of fused-ring (bicyclic) bond motifs is 5. The van der Waals surface area contributed by atoms with E-state index in [4.69, 9.17) is 32.9 Å². The summed E-state index contributed by atoms with van der Waals surface area (Å²) in [6.45, 7) is 1.44. The number of carbonyl (C=O) groups is 2. The fourth-order valence-electron chi connectivity index (χ4n) is 8.03. The molecule has 1 aliphatic carbocycles. The number of imidazole rings is 1. The monoisotopic (exact) mass is 648 g/mol. The van der Waals surface area contributed by atoms with Crippen molar-refractivity contribution in [2.45, 2.75) is 69.0 Å². The Morgan fingerprint density at radius 3 is 2.58 bits per heavy atom. The van der Waals surface area contributed by atoms with Crippen LogP contribution in [-0.4, -0.2) is 52.1 Å². The van der Waals surface area contributed by atoms with E-state index in [2.05, 4.69) is 14.8 Å². The van der Waals surface area contributed by atoms with E-state index in [1.54, 1.807) is 42.5 Å². The van der Waals surface area contributed by atoms with Crippen LogP contribution in [0.2, 0.25) is 10.0 Å². The van der Waals surface area contributed by atoms with Gasteiger partial charge in [0.15, 0.2) is 0 Å². The van der Waals surface area contributed by atoms with E-state index in [1.807, 2.05) is 12.1 Å². The number of halogens is 3. The van der Waals surface area contributed by atoms with Crippen LogP contribution in [0.15, 0.2) is 60.7 Å². The number of hydrogen-bond donors (Lipinski definition) is 1. The number of hydrogen-bond acceptors (Lipinski definition) is 5. The molecule has 4 aromatic rings. The summed E-state index contributed by atoms with van der Waals surface area (Å²) in [7, 11) is 1.35. The molecule has 1 amide bonds. The predicted octanol–water partition coefficient (Wildman–Crippen LogP) is 7.81. The number of rotatable bonds is 6. The Hall–Kier alpha value is -3.46. The molecular weight excluding hydrogens is 614 g/mol. The van der Waals surface area contributed by atoms with Crippen molar-refractivity contribution in [2.24, 2.45) is 5.92 Å². The van der Waals surface area contributed by atoms with Crippen molar-refractivity contribution in [1.82, 2.24) is 14.5 Å². The molecule has 45 heavy (non-hydrogen) atoms. The minimum Gasteiger partial charge on any atom is -0.465 e. The highest BCUT2D eigenvalue weighted by atomic mass is 35.5. The molecule has 1 saturated carbocycles. The molecule has 1 aromatic heterocycles.